The Morgan fingerprint density at radius 3 is 2.65 bits per heavy atom. The van der Waals surface area contributed by atoms with E-state index in [0.29, 0.717) is 6.54 Å². The van der Waals surface area contributed by atoms with Crippen molar-refractivity contribution < 1.29 is 9.90 Å². The summed E-state index contributed by atoms with van der Waals surface area (Å²) in [4.78, 5) is 14.2. The van der Waals surface area contributed by atoms with Crippen LogP contribution in [0.5, 0.6) is 0 Å². The number of nitrogens with zero attached hydrogens (tertiary/aromatic N) is 1. The zero-order chi connectivity index (χ0) is 16.1. The summed E-state index contributed by atoms with van der Waals surface area (Å²) in [5.41, 5.74) is 3.14. The molecule has 0 radical (unpaired) electrons. The number of urea groups is 1. The Labute approximate surface area is 136 Å². The van der Waals surface area contributed by atoms with Gasteiger partial charge >= 0.3 is 6.03 Å². The topological polar surface area (TPSA) is 52.6 Å². The van der Waals surface area contributed by atoms with Crippen LogP contribution in [0.25, 0.3) is 0 Å². The van der Waals surface area contributed by atoms with Crippen LogP contribution in [0.4, 0.5) is 10.5 Å². The second-order valence-corrected chi connectivity index (χ2v) is 5.92. The quantitative estimate of drug-likeness (QED) is 0.910. The SMILES string of the molecule is O=C(Nc1ccccc1Cc1ccccc1)N1CCC[C@H]1CO. The van der Waals surface area contributed by atoms with Gasteiger partial charge in [-0.15, -0.1) is 0 Å². The Balaban J connectivity index is 1.74. The van der Waals surface area contributed by atoms with E-state index in [-0.39, 0.29) is 18.7 Å². The van der Waals surface area contributed by atoms with Crippen molar-refractivity contribution in [2.45, 2.75) is 25.3 Å². The fourth-order valence-electron chi connectivity index (χ4n) is 3.09. The summed E-state index contributed by atoms with van der Waals surface area (Å²) in [5.74, 6) is 0. The van der Waals surface area contributed by atoms with Gasteiger partial charge in [0.25, 0.3) is 0 Å². The number of para-hydroxylation sites is 1. The molecule has 3 rings (SSSR count). The first-order chi connectivity index (χ1) is 11.3. The van der Waals surface area contributed by atoms with E-state index in [0.717, 1.165) is 30.5 Å². The van der Waals surface area contributed by atoms with Crippen LogP contribution in [-0.4, -0.2) is 35.2 Å². The fourth-order valence-corrected chi connectivity index (χ4v) is 3.09. The van der Waals surface area contributed by atoms with Crippen molar-refractivity contribution in [1.82, 2.24) is 4.90 Å². The van der Waals surface area contributed by atoms with Gasteiger partial charge < -0.3 is 15.3 Å². The standard InChI is InChI=1S/C19H22N2O2/c22-14-17-10-6-12-21(17)19(23)20-18-11-5-4-9-16(18)13-15-7-2-1-3-8-15/h1-5,7-9,11,17,22H,6,10,12-14H2,(H,20,23)/t17-/m0/s1. The molecule has 2 aromatic rings. The van der Waals surface area contributed by atoms with Gasteiger partial charge in [0.1, 0.15) is 0 Å². The van der Waals surface area contributed by atoms with Gasteiger partial charge in [-0.3, -0.25) is 0 Å². The lowest BCUT2D eigenvalue weighted by Crippen LogP contribution is -2.40. The molecule has 1 fully saturated rings. The molecule has 1 heterocycles. The lowest BCUT2D eigenvalue weighted by atomic mass is 10.0. The monoisotopic (exact) mass is 310 g/mol. The molecule has 4 heteroatoms. The van der Waals surface area contributed by atoms with Crippen LogP contribution >= 0.6 is 0 Å². The number of hydrogen-bond donors (Lipinski definition) is 2. The minimum atomic E-state index is -0.123. The van der Waals surface area contributed by atoms with E-state index in [1.54, 1.807) is 4.90 Å². The minimum Gasteiger partial charge on any atom is -0.394 e. The molecule has 0 saturated carbocycles. The Morgan fingerprint density at radius 1 is 1.13 bits per heavy atom. The minimum absolute atomic E-state index is 0.0269. The second kappa shape index (κ2) is 7.29. The first-order valence-electron chi connectivity index (χ1n) is 8.08. The zero-order valence-corrected chi connectivity index (χ0v) is 13.1. The van der Waals surface area contributed by atoms with Crippen molar-refractivity contribution in [3.63, 3.8) is 0 Å². The molecule has 0 bridgehead atoms. The highest BCUT2D eigenvalue weighted by molar-refractivity contribution is 5.90. The molecule has 1 atom stereocenters. The molecule has 0 unspecified atom stereocenters. The first-order valence-corrected chi connectivity index (χ1v) is 8.08. The highest BCUT2D eigenvalue weighted by Crippen LogP contribution is 2.22. The largest absolute Gasteiger partial charge is 0.394 e. The number of benzene rings is 2. The molecular formula is C19H22N2O2. The van der Waals surface area contributed by atoms with Gasteiger partial charge in [-0.2, -0.15) is 0 Å². The van der Waals surface area contributed by atoms with Crippen LogP contribution < -0.4 is 5.32 Å². The van der Waals surface area contributed by atoms with Crippen molar-refractivity contribution in [3.05, 3.63) is 65.7 Å². The number of likely N-dealkylation sites (tertiary alicyclic amines) is 1. The first kappa shape index (κ1) is 15.6. The lowest BCUT2D eigenvalue weighted by Gasteiger charge is -2.24. The van der Waals surface area contributed by atoms with Crippen LogP contribution in [-0.2, 0) is 6.42 Å². The van der Waals surface area contributed by atoms with Crippen LogP contribution in [0.1, 0.15) is 24.0 Å². The Kier molecular flexibility index (Phi) is 4.93. The smallest absolute Gasteiger partial charge is 0.322 e. The number of carbonyl (C=O) groups is 1. The molecule has 2 amide bonds. The Bertz CT molecular complexity index is 657. The molecule has 0 spiro atoms. The molecule has 4 nitrogen and oxygen atoms in total. The number of aliphatic hydroxyl groups excluding tert-OH is 1. The van der Waals surface area contributed by atoms with Crippen LogP contribution in [0, 0.1) is 0 Å². The fraction of sp³-hybridized carbons (Fsp3) is 0.316. The molecule has 2 N–H and O–H groups in total. The summed E-state index contributed by atoms with van der Waals surface area (Å²) < 4.78 is 0. The van der Waals surface area contributed by atoms with Gasteiger partial charge in [0, 0.05) is 12.2 Å². The molecule has 1 aliphatic heterocycles. The molecule has 2 aromatic carbocycles. The van der Waals surface area contributed by atoms with Crippen molar-refractivity contribution in [3.8, 4) is 0 Å². The van der Waals surface area contributed by atoms with E-state index >= 15 is 0 Å². The average molecular weight is 310 g/mol. The maximum atomic E-state index is 12.5. The molecule has 120 valence electrons. The van der Waals surface area contributed by atoms with E-state index in [9.17, 15) is 9.90 Å². The Hall–Kier alpha value is -2.33. The van der Waals surface area contributed by atoms with E-state index in [2.05, 4.69) is 17.4 Å². The van der Waals surface area contributed by atoms with Gasteiger partial charge in [-0.25, -0.2) is 4.79 Å². The Morgan fingerprint density at radius 2 is 1.87 bits per heavy atom. The highest BCUT2D eigenvalue weighted by atomic mass is 16.3. The van der Waals surface area contributed by atoms with Crippen molar-refractivity contribution >= 4 is 11.7 Å². The normalized spacial score (nSPS) is 17.3. The van der Waals surface area contributed by atoms with E-state index in [1.165, 1.54) is 5.56 Å². The number of aliphatic hydroxyl groups is 1. The van der Waals surface area contributed by atoms with Gasteiger partial charge in [0.2, 0.25) is 0 Å². The summed E-state index contributed by atoms with van der Waals surface area (Å²) >= 11 is 0. The molecule has 23 heavy (non-hydrogen) atoms. The molecular weight excluding hydrogens is 288 g/mol. The van der Waals surface area contributed by atoms with E-state index < -0.39 is 0 Å². The number of carbonyl (C=O) groups excluding carboxylic acids is 1. The molecule has 0 aliphatic carbocycles. The number of anilines is 1. The summed E-state index contributed by atoms with van der Waals surface area (Å²) in [7, 11) is 0. The van der Waals surface area contributed by atoms with Crippen LogP contribution in [0.15, 0.2) is 54.6 Å². The molecule has 1 saturated heterocycles. The average Bonchev–Trinajstić information content (AvgIpc) is 3.06. The van der Waals surface area contributed by atoms with Gasteiger partial charge in [0.05, 0.1) is 12.6 Å². The number of hydrogen-bond acceptors (Lipinski definition) is 2. The maximum Gasteiger partial charge on any atom is 0.322 e. The summed E-state index contributed by atoms with van der Waals surface area (Å²) in [6.07, 6.45) is 2.60. The van der Waals surface area contributed by atoms with Gasteiger partial charge in [-0.05, 0) is 36.5 Å². The summed E-state index contributed by atoms with van der Waals surface area (Å²) in [6, 6.07) is 17.9. The van der Waals surface area contributed by atoms with Gasteiger partial charge in [-0.1, -0.05) is 48.5 Å². The molecule has 0 aromatic heterocycles. The third-order valence-electron chi connectivity index (χ3n) is 4.35. The van der Waals surface area contributed by atoms with Crippen LogP contribution in [0.2, 0.25) is 0 Å². The third kappa shape index (κ3) is 3.71. The lowest BCUT2D eigenvalue weighted by molar-refractivity contribution is 0.166. The predicted octanol–water partition coefficient (Wildman–Crippen LogP) is 3.27. The summed E-state index contributed by atoms with van der Waals surface area (Å²) in [6.45, 7) is 0.733. The predicted molar refractivity (Wildman–Crippen MR) is 91.5 cm³/mol. The van der Waals surface area contributed by atoms with E-state index in [4.69, 9.17) is 0 Å². The van der Waals surface area contributed by atoms with Crippen LogP contribution in [0.3, 0.4) is 0 Å². The van der Waals surface area contributed by atoms with Crippen molar-refractivity contribution in [2.75, 3.05) is 18.5 Å². The highest BCUT2D eigenvalue weighted by Gasteiger charge is 2.28. The number of rotatable bonds is 4. The summed E-state index contributed by atoms with van der Waals surface area (Å²) in [5, 5.41) is 12.4. The van der Waals surface area contributed by atoms with Crippen molar-refractivity contribution in [2.24, 2.45) is 0 Å². The zero-order valence-electron chi connectivity index (χ0n) is 13.1. The van der Waals surface area contributed by atoms with Gasteiger partial charge in [0.15, 0.2) is 0 Å². The van der Waals surface area contributed by atoms with Crippen molar-refractivity contribution in [1.29, 1.82) is 0 Å². The third-order valence-corrected chi connectivity index (χ3v) is 4.35. The number of amides is 2. The maximum absolute atomic E-state index is 12.5. The number of nitrogens with one attached hydrogen (secondary N) is 1. The van der Waals surface area contributed by atoms with E-state index in [1.807, 2.05) is 42.5 Å². The second-order valence-electron chi connectivity index (χ2n) is 5.92. The molecule has 1 aliphatic rings.